The molecule has 0 heterocycles. The molecule has 1 rings (SSSR count). The maximum atomic E-state index is 5.56. The number of benzene rings is 1. The number of hydrogen-bond acceptors (Lipinski definition) is 1. The Hall–Kier alpha value is -1.24. The van der Waals surface area contributed by atoms with Crippen LogP contribution in [0.2, 0.25) is 0 Å². The van der Waals surface area contributed by atoms with E-state index in [4.69, 9.17) is 4.74 Å². The van der Waals surface area contributed by atoms with Gasteiger partial charge in [0.25, 0.3) is 0 Å². The average Bonchev–Trinajstić information content (AvgIpc) is 2.25. The molecule has 0 bridgehead atoms. The Bertz CT molecular complexity index is 352. The maximum absolute atomic E-state index is 5.56. The van der Waals surface area contributed by atoms with Crippen LogP contribution in [0.3, 0.4) is 0 Å². The third kappa shape index (κ3) is 3.13. The lowest BCUT2D eigenvalue weighted by Gasteiger charge is -2.19. The van der Waals surface area contributed by atoms with Gasteiger partial charge in [-0.2, -0.15) is 0 Å². The molecule has 0 aliphatic heterocycles. The number of hydrogen-bond donors (Lipinski definition) is 0. The van der Waals surface area contributed by atoms with Crippen LogP contribution in [0.4, 0.5) is 0 Å². The Morgan fingerprint density at radius 2 is 1.75 bits per heavy atom. The molecule has 0 spiro atoms. The molecule has 1 aromatic carbocycles. The first-order valence-electron chi connectivity index (χ1n) is 5.89. The van der Waals surface area contributed by atoms with Gasteiger partial charge in [-0.05, 0) is 30.9 Å². The smallest absolute Gasteiger partial charge is 0.122 e. The molecule has 0 aliphatic rings. The van der Waals surface area contributed by atoms with Crippen molar-refractivity contribution in [1.29, 1.82) is 0 Å². The van der Waals surface area contributed by atoms with E-state index >= 15 is 0 Å². The van der Waals surface area contributed by atoms with Gasteiger partial charge in [-0.3, -0.25) is 0 Å². The molecule has 1 heteroatoms. The van der Waals surface area contributed by atoms with E-state index in [0.29, 0.717) is 6.61 Å². The van der Waals surface area contributed by atoms with Crippen molar-refractivity contribution in [1.82, 2.24) is 0 Å². The summed E-state index contributed by atoms with van der Waals surface area (Å²) in [7, 11) is 0. The summed E-state index contributed by atoms with van der Waals surface area (Å²) in [4.78, 5) is 0. The summed E-state index contributed by atoms with van der Waals surface area (Å²) in [5, 5.41) is 0. The first-order chi connectivity index (χ1) is 7.49. The summed E-state index contributed by atoms with van der Waals surface area (Å²) < 4.78 is 5.56. The van der Waals surface area contributed by atoms with Gasteiger partial charge in [0.15, 0.2) is 0 Å². The molecule has 88 valence electrons. The van der Waals surface area contributed by atoms with E-state index in [-0.39, 0.29) is 5.41 Å². The van der Waals surface area contributed by atoms with Crippen molar-refractivity contribution in [3.05, 3.63) is 41.5 Å². The Morgan fingerprint density at radius 3 is 2.12 bits per heavy atom. The first-order valence-corrected chi connectivity index (χ1v) is 5.89. The molecule has 0 N–H and O–H groups in total. The van der Waals surface area contributed by atoms with Gasteiger partial charge in [-0.25, -0.2) is 0 Å². The molecule has 0 aliphatic carbocycles. The standard InChI is InChI=1S/C15H22O/c1-6-14(16-7-2)12-8-10-13(11-9-12)15(3,4)5/h6,8-11H,7H2,1-5H3. The van der Waals surface area contributed by atoms with Crippen LogP contribution in [0.5, 0.6) is 0 Å². The van der Waals surface area contributed by atoms with Crippen molar-refractivity contribution in [2.45, 2.75) is 40.0 Å². The first kappa shape index (κ1) is 12.8. The van der Waals surface area contributed by atoms with Crippen LogP contribution in [-0.4, -0.2) is 6.61 Å². The molecule has 0 atom stereocenters. The average molecular weight is 218 g/mol. The normalized spacial score (nSPS) is 12.7. The zero-order chi connectivity index (χ0) is 12.2. The molecular formula is C15H22O. The fraction of sp³-hybridized carbons (Fsp3) is 0.467. The zero-order valence-electron chi connectivity index (χ0n) is 11.0. The lowest BCUT2D eigenvalue weighted by molar-refractivity contribution is 0.297. The summed E-state index contributed by atoms with van der Waals surface area (Å²) in [6, 6.07) is 8.62. The maximum Gasteiger partial charge on any atom is 0.122 e. The SMILES string of the molecule is CC=C(OCC)c1ccc(C(C)(C)C)cc1. The van der Waals surface area contributed by atoms with Crippen LogP contribution >= 0.6 is 0 Å². The number of ether oxygens (including phenoxy) is 1. The van der Waals surface area contributed by atoms with Gasteiger partial charge in [0.1, 0.15) is 5.76 Å². The molecule has 0 radical (unpaired) electrons. The quantitative estimate of drug-likeness (QED) is 0.684. The number of allylic oxidation sites excluding steroid dienone is 1. The molecule has 16 heavy (non-hydrogen) atoms. The highest BCUT2D eigenvalue weighted by Crippen LogP contribution is 2.24. The minimum atomic E-state index is 0.209. The van der Waals surface area contributed by atoms with Gasteiger partial charge in [-0.15, -0.1) is 0 Å². The van der Waals surface area contributed by atoms with Crippen LogP contribution < -0.4 is 0 Å². The Kier molecular flexibility index (Phi) is 4.17. The van der Waals surface area contributed by atoms with Crippen LogP contribution in [0, 0.1) is 0 Å². The van der Waals surface area contributed by atoms with Crippen LogP contribution in [-0.2, 0) is 10.2 Å². The zero-order valence-corrected chi connectivity index (χ0v) is 11.0. The summed E-state index contributed by atoms with van der Waals surface area (Å²) in [5.41, 5.74) is 2.71. The van der Waals surface area contributed by atoms with E-state index in [1.54, 1.807) is 0 Å². The Labute approximate surface area is 99.1 Å². The van der Waals surface area contributed by atoms with Gasteiger partial charge < -0.3 is 4.74 Å². The van der Waals surface area contributed by atoms with Crippen LogP contribution in [0.25, 0.3) is 5.76 Å². The van der Waals surface area contributed by atoms with Crippen molar-refractivity contribution >= 4 is 5.76 Å². The molecule has 1 aromatic rings. The number of rotatable bonds is 3. The second-order valence-electron chi connectivity index (χ2n) is 4.91. The molecule has 0 amide bonds. The highest BCUT2D eigenvalue weighted by Gasteiger charge is 2.13. The Balaban J connectivity index is 2.94. The fourth-order valence-corrected chi connectivity index (χ4v) is 1.62. The predicted molar refractivity (Wildman–Crippen MR) is 70.4 cm³/mol. The topological polar surface area (TPSA) is 9.23 Å². The van der Waals surface area contributed by atoms with Gasteiger partial charge >= 0.3 is 0 Å². The van der Waals surface area contributed by atoms with Crippen molar-refractivity contribution in [2.24, 2.45) is 0 Å². The molecule has 1 nitrogen and oxygen atoms in total. The summed E-state index contributed by atoms with van der Waals surface area (Å²) in [6.45, 7) is 11.4. The van der Waals surface area contributed by atoms with Crippen molar-refractivity contribution in [3.8, 4) is 0 Å². The predicted octanol–water partition coefficient (Wildman–Crippen LogP) is 4.38. The van der Waals surface area contributed by atoms with Gasteiger partial charge in [0.05, 0.1) is 6.61 Å². The third-order valence-electron chi connectivity index (χ3n) is 2.60. The van der Waals surface area contributed by atoms with Crippen LogP contribution in [0.1, 0.15) is 45.7 Å². The lowest BCUT2D eigenvalue weighted by atomic mass is 9.86. The lowest BCUT2D eigenvalue weighted by Crippen LogP contribution is -2.10. The van der Waals surface area contributed by atoms with E-state index in [0.717, 1.165) is 11.3 Å². The van der Waals surface area contributed by atoms with E-state index in [9.17, 15) is 0 Å². The van der Waals surface area contributed by atoms with Crippen LogP contribution in [0.15, 0.2) is 30.3 Å². The molecule has 0 fully saturated rings. The fourth-order valence-electron chi connectivity index (χ4n) is 1.62. The minimum Gasteiger partial charge on any atom is -0.494 e. The van der Waals surface area contributed by atoms with E-state index in [1.165, 1.54) is 5.56 Å². The van der Waals surface area contributed by atoms with E-state index in [1.807, 2.05) is 19.9 Å². The molecule has 0 saturated carbocycles. The molecule has 0 saturated heterocycles. The van der Waals surface area contributed by atoms with Gasteiger partial charge in [0, 0.05) is 5.56 Å². The second kappa shape index (κ2) is 5.20. The van der Waals surface area contributed by atoms with Crippen molar-refractivity contribution in [3.63, 3.8) is 0 Å². The van der Waals surface area contributed by atoms with E-state index < -0.39 is 0 Å². The third-order valence-corrected chi connectivity index (χ3v) is 2.60. The minimum absolute atomic E-state index is 0.209. The highest BCUT2D eigenvalue weighted by molar-refractivity contribution is 5.59. The summed E-state index contributed by atoms with van der Waals surface area (Å²) in [5.74, 6) is 0.961. The second-order valence-corrected chi connectivity index (χ2v) is 4.91. The highest BCUT2D eigenvalue weighted by atomic mass is 16.5. The molecular weight excluding hydrogens is 196 g/mol. The monoisotopic (exact) mass is 218 g/mol. The Morgan fingerprint density at radius 1 is 1.19 bits per heavy atom. The van der Waals surface area contributed by atoms with Gasteiger partial charge in [0.2, 0.25) is 0 Å². The van der Waals surface area contributed by atoms with Gasteiger partial charge in [-0.1, -0.05) is 45.0 Å². The van der Waals surface area contributed by atoms with E-state index in [2.05, 4.69) is 45.0 Å². The molecule has 0 unspecified atom stereocenters. The van der Waals surface area contributed by atoms with Crippen molar-refractivity contribution in [2.75, 3.05) is 6.61 Å². The molecule has 0 aromatic heterocycles. The summed E-state index contributed by atoms with van der Waals surface area (Å²) >= 11 is 0. The van der Waals surface area contributed by atoms with Crippen molar-refractivity contribution < 1.29 is 4.74 Å². The largest absolute Gasteiger partial charge is 0.494 e. The summed E-state index contributed by atoms with van der Waals surface area (Å²) in [6.07, 6.45) is 2.01.